The van der Waals surface area contributed by atoms with Crippen molar-refractivity contribution in [3.8, 4) is 0 Å². The van der Waals surface area contributed by atoms with Crippen LogP contribution in [-0.4, -0.2) is 13.1 Å². The van der Waals surface area contributed by atoms with E-state index in [1.54, 1.807) is 0 Å². The summed E-state index contributed by atoms with van der Waals surface area (Å²) in [5.74, 6) is 0.719. The summed E-state index contributed by atoms with van der Waals surface area (Å²) >= 11 is 5.96. The lowest BCUT2D eigenvalue weighted by Crippen LogP contribution is -2.25. The molecular weight excluding hydrogens is 194 g/mol. The molecule has 0 N–H and O–H groups in total. The van der Waals surface area contributed by atoms with Gasteiger partial charge in [0.05, 0.1) is 0 Å². The summed E-state index contributed by atoms with van der Waals surface area (Å²) in [5.41, 5.74) is 2.78. The molecule has 1 nitrogen and oxygen atoms in total. The highest BCUT2D eigenvalue weighted by Crippen LogP contribution is 2.30. The predicted octanol–water partition coefficient (Wildman–Crippen LogP) is 3.36. The molecule has 1 heterocycles. The highest BCUT2D eigenvalue weighted by Gasteiger charge is 2.19. The van der Waals surface area contributed by atoms with Crippen LogP contribution in [0.2, 0.25) is 5.02 Å². The van der Waals surface area contributed by atoms with Crippen LogP contribution in [-0.2, 0) is 6.42 Å². The third-order valence-corrected chi connectivity index (χ3v) is 2.85. The number of nitrogens with zero attached hydrogens (tertiary/aromatic N) is 1. The third-order valence-electron chi connectivity index (χ3n) is 2.62. The average Bonchev–Trinajstić information content (AvgIpc) is 2.47. The van der Waals surface area contributed by atoms with Crippen LogP contribution < -0.4 is 4.90 Å². The van der Waals surface area contributed by atoms with Gasteiger partial charge >= 0.3 is 0 Å². The lowest BCUT2D eigenvalue weighted by molar-refractivity contribution is 0.622. The van der Waals surface area contributed by atoms with E-state index in [2.05, 4.69) is 30.9 Å². The molecule has 0 aliphatic carbocycles. The molecule has 0 radical (unpaired) electrons. The Morgan fingerprint density at radius 1 is 1.43 bits per heavy atom. The predicted molar refractivity (Wildman–Crippen MR) is 62.2 cm³/mol. The number of halogens is 1. The summed E-state index contributed by atoms with van der Waals surface area (Å²) in [6.45, 7) is 6.81. The summed E-state index contributed by atoms with van der Waals surface area (Å²) in [6.07, 6.45) is 1.14. The van der Waals surface area contributed by atoms with Gasteiger partial charge < -0.3 is 4.90 Å². The molecule has 0 fully saturated rings. The maximum atomic E-state index is 5.96. The molecule has 1 aromatic rings. The third kappa shape index (κ3) is 1.88. The van der Waals surface area contributed by atoms with Gasteiger partial charge in [0.2, 0.25) is 0 Å². The van der Waals surface area contributed by atoms with E-state index < -0.39 is 0 Å². The minimum atomic E-state index is 0.719. The molecule has 2 rings (SSSR count). The van der Waals surface area contributed by atoms with Gasteiger partial charge in [0.1, 0.15) is 0 Å². The van der Waals surface area contributed by atoms with Gasteiger partial charge in [-0.15, -0.1) is 0 Å². The summed E-state index contributed by atoms with van der Waals surface area (Å²) < 4.78 is 0. The van der Waals surface area contributed by atoms with E-state index >= 15 is 0 Å². The zero-order valence-electron chi connectivity index (χ0n) is 8.76. The number of hydrogen-bond acceptors (Lipinski definition) is 1. The van der Waals surface area contributed by atoms with Crippen molar-refractivity contribution in [3.63, 3.8) is 0 Å². The minimum absolute atomic E-state index is 0.719. The van der Waals surface area contributed by atoms with Crippen LogP contribution in [0.5, 0.6) is 0 Å². The van der Waals surface area contributed by atoms with Gasteiger partial charge in [-0.1, -0.05) is 25.4 Å². The number of rotatable bonds is 2. The molecule has 0 saturated heterocycles. The molecule has 1 aliphatic rings. The van der Waals surface area contributed by atoms with E-state index in [4.69, 9.17) is 11.6 Å². The van der Waals surface area contributed by atoms with Crippen LogP contribution in [0.25, 0.3) is 0 Å². The normalized spacial score (nSPS) is 15.0. The fraction of sp³-hybridized carbons (Fsp3) is 0.500. The maximum Gasteiger partial charge on any atom is 0.0410 e. The van der Waals surface area contributed by atoms with Crippen molar-refractivity contribution < 1.29 is 0 Å². The smallest absolute Gasteiger partial charge is 0.0410 e. The van der Waals surface area contributed by atoms with Crippen molar-refractivity contribution >= 4 is 17.3 Å². The Morgan fingerprint density at radius 3 is 2.93 bits per heavy atom. The van der Waals surface area contributed by atoms with Crippen LogP contribution in [0.4, 0.5) is 5.69 Å². The monoisotopic (exact) mass is 209 g/mol. The van der Waals surface area contributed by atoms with E-state index in [1.807, 2.05) is 6.07 Å². The van der Waals surface area contributed by atoms with Crippen molar-refractivity contribution in [1.29, 1.82) is 0 Å². The highest BCUT2D eigenvalue weighted by molar-refractivity contribution is 6.30. The molecule has 0 saturated carbocycles. The molecule has 0 bridgehead atoms. The largest absolute Gasteiger partial charge is 0.371 e. The van der Waals surface area contributed by atoms with Gasteiger partial charge in [-0.2, -0.15) is 0 Å². The molecule has 0 atom stereocenters. The Hall–Kier alpha value is -0.690. The first-order chi connectivity index (χ1) is 6.66. The SMILES string of the molecule is CC(C)CN1CCc2cc(Cl)ccc21. The van der Waals surface area contributed by atoms with Gasteiger partial charge in [0.25, 0.3) is 0 Å². The van der Waals surface area contributed by atoms with Crippen LogP contribution in [0, 0.1) is 5.92 Å². The van der Waals surface area contributed by atoms with Crippen LogP contribution >= 0.6 is 11.6 Å². The first-order valence-electron chi connectivity index (χ1n) is 5.20. The molecular formula is C12H16ClN. The van der Waals surface area contributed by atoms with Crippen molar-refractivity contribution in [2.24, 2.45) is 5.92 Å². The Balaban J connectivity index is 2.22. The second-order valence-electron chi connectivity index (χ2n) is 4.36. The Bertz CT molecular complexity index is 333. The molecule has 1 aliphatic heterocycles. The quantitative estimate of drug-likeness (QED) is 0.722. The topological polar surface area (TPSA) is 3.24 Å². The molecule has 2 heteroatoms. The van der Waals surface area contributed by atoms with E-state index in [0.717, 1.165) is 30.5 Å². The second kappa shape index (κ2) is 3.82. The van der Waals surface area contributed by atoms with E-state index in [1.165, 1.54) is 11.3 Å². The summed E-state index contributed by atoms with van der Waals surface area (Å²) in [6, 6.07) is 6.23. The lowest BCUT2D eigenvalue weighted by Gasteiger charge is -2.21. The molecule has 76 valence electrons. The molecule has 14 heavy (non-hydrogen) atoms. The molecule has 0 spiro atoms. The standard InChI is InChI=1S/C12H16ClN/c1-9(2)8-14-6-5-10-7-11(13)3-4-12(10)14/h3-4,7,9H,5-6,8H2,1-2H3. The van der Waals surface area contributed by atoms with Crippen LogP contribution in [0.15, 0.2) is 18.2 Å². The molecule has 0 unspecified atom stereocenters. The Morgan fingerprint density at radius 2 is 2.21 bits per heavy atom. The first-order valence-corrected chi connectivity index (χ1v) is 5.58. The van der Waals surface area contributed by atoms with Gasteiger partial charge in [0.15, 0.2) is 0 Å². The highest BCUT2D eigenvalue weighted by atomic mass is 35.5. The van der Waals surface area contributed by atoms with Crippen LogP contribution in [0.3, 0.4) is 0 Å². The summed E-state index contributed by atoms with van der Waals surface area (Å²) in [4.78, 5) is 2.45. The number of fused-ring (bicyclic) bond motifs is 1. The first kappa shape index (κ1) is 9.85. The van der Waals surface area contributed by atoms with E-state index in [-0.39, 0.29) is 0 Å². The lowest BCUT2D eigenvalue weighted by atomic mass is 10.1. The number of anilines is 1. The van der Waals surface area contributed by atoms with Gasteiger partial charge in [-0.05, 0) is 36.1 Å². The number of hydrogen-bond donors (Lipinski definition) is 0. The summed E-state index contributed by atoms with van der Waals surface area (Å²) in [5, 5.41) is 0.857. The van der Waals surface area contributed by atoms with Gasteiger partial charge in [0, 0.05) is 23.8 Å². The van der Waals surface area contributed by atoms with Crippen molar-refractivity contribution in [2.45, 2.75) is 20.3 Å². The van der Waals surface area contributed by atoms with E-state index in [0.29, 0.717) is 0 Å². The van der Waals surface area contributed by atoms with Gasteiger partial charge in [-0.25, -0.2) is 0 Å². The van der Waals surface area contributed by atoms with Crippen molar-refractivity contribution in [3.05, 3.63) is 28.8 Å². The molecule has 1 aromatic carbocycles. The van der Waals surface area contributed by atoms with Crippen molar-refractivity contribution in [1.82, 2.24) is 0 Å². The van der Waals surface area contributed by atoms with Crippen molar-refractivity contribution in [2.75, 3.05) is 18.0 Å². The fourth-order valence-corrected chi connectivity index (χ4v) is 2.26. The maximum absolute atomic E-state index is 5.96. The summed E-state index contributed by atoms with van der Waals surface area (Å²) in [7, 11) is 0. The fourth-order valence-electron chi connectivity index (χ4n) is 2.07. The second-order valence-corrected chi connectivity index (χ2v) is 4.80. The van der Waals surface area contributed by atoms with Crippen LogP contribution in [0.1, 0.15) is 19.4 Å². The van der Waals surface area contributed by atoms with Gasteiger partial charge in [-0.3, -0.25) is 0 Å². The average molecular weight is 210 g/mol. The molecule has 0 amide bonds. The zero-order chi connectivity index (χ0) is 10.1. The van der Waals surface area contributed by atoms with E-state index in [9.17, 15) is 0 Å². The Kier molecular flexibility index (Phi) is 2.69. The molecule has 0 aromatic heterocycles. The zero-order valence-corrected chi connectivity index (χ0v) is 9.51. The minimum Gasteiger partial charge on any atom is -0.371 e. The Labute approximate surface area is 90.7 Å². The number of benzene rings is 1.